The lowest BCUT2D eigenvalue weighted by Gasteiger charge is -2.09. The van der Waals surface area contributed by atoms with Gasteiger partial charge in [0.25, 0.3) is 0 Å². The van der Waals surface area contributed by atoms with Crippen LogP contribution in [0.5, 0.6) is 0 Å². The molecule has 0 spiro atoms. The van der Waals surface area contributed by atoms with Crippen molar-refractivity contribution in [1.29, 1.82) is 0 Å². The van der Waals surface area contributed by atoms with Crippen LogP contribution in [0.4, 0.5) is 0 Å². The molecule has 0 aromatic rings. The first-order chi connectivity index (χ1) is 8.91. The lowest BCUT2D eigenvalue weighted by Crippen LogP contribution is -2.16. The topological polar surface area (TPSA) is 18.5 Å². The van der Waals surface area contributed by atoms with Crippen molar-refractivity contribution in [2.75, 3.05) is 26.4 Å². The molecule has 2 nitrogen and oxygen atoms in total. The van der Waals surface area contributed by atoms with E-state index in [1.807, 2.05) is 0 Å². The second-order valence-electron chi connectivity index (χ2n) is 5.05. The fraction of sp³-hybridized carbons (Fsp3) is 1.00. The molecule has 0 radical (unpaired) electrons. The maximum Gasteiger partial charge on any atom is 0.0701 e. The molecule has 18 heavy (non-hydrogen) atoms. The van der Waals surface area contributed by atoms with Gasteiger partial charge in [-0.1, -0.05) is 78.1 Å². The Bertz CT molecular complexity index is 90.0. The highest BCUT2D eigenvalue weighted by atomic mass is 16.6. The van der Waals surface area contributed by atoms with Crippen LogP contribution in [0.1, 0.15) is 78.1 Å². The van der Waals surface area contributed by atoms with Crippen LogP contribution < -0.4 is 0 Å². The van der Waals surface area contributed by atoms with Crippen molar-refractivity contribution in [3.63, 3.8) is 0 Å². The lowest BCUT2D eigenvalue weighted by molar-refractivity contribution is -0.0334. The highest BCUT2D eigenvalue weighted by Crippen LogP contribution is 2.15. The van der Waals surface area contributed by atoms with Crippen LogP contribution in [-0.2, 0) is 9.47 Å². The summed E-state index contributed by atoms with van der Waals surface area (Å²) in [7, 11) is 0. The van der Waals surface area contributed by atoms with E-state index in [1.54, 1.807) is 0 Å². The van der Waals surface area contributed by atoms with E-state index in [0.29, 0.717) is 0 Å². The fourth-order valence-electron chi connectivity index (χ4n) is 2.00. The van der Waals surface area contributed by atoms with Gasteiger partial charge in [-0.2, -0.15) is 0 Å². The predicted molar refractivity (Wildman–Crippen MR) is 79.2 cm³/mol. The minimum Gasteiger partial charge on any atom is -0.377 e. The van der Waals surface area contributed by atoms with Crippen LogP contribution in [0.2, 0.25) is 0 Å². The molecular weight excluding hydrogens is 224 g/mol. The van der Waals surface area contributed by atoms with Gasteiger partial charge < -0.3 is 9.47 Å². The van der Waals surface area contributed by atoms with E-state index in [2.05, 4.69) is 13.8 Å². The summed E-state index contributed by atoms with van der Waals surface area (Å²) in [6.45, 7) is 7.57. The molecule has 0 amide bonds. The molecule has 2 aliphatic rings. The summed E-state index contributed by atoms with van der Waals surface area (Å²) in [5, 5.41) is 0. The average molecular weight is 258 g/mol. The fourth-order valence-corrected chi connectivity index (χ4v) is 2.00. The van der Waals surface area contributed by atoms with Crippen LogP contribution in [-0.4, -0.2) is 26.4 Å². The third-order valence-electron chi connectivity index (χ3n) is 3.20. The van der Waals surface area contributed by atoms with Crippen molar-refractivity contribution in [3.05, 3.63) is 0 Å². The van der Waals surface area contributed by atoms with Gasteiger partial charge in [0.2, 0.25) is 0 Å². The summed E-state index contributed by atoms with van der Waals surface area (Å²) in [6.07, 6.45) is 14.5. The van der Waals surface area contributed by atoms with E-state index in [-0.39, 0.29) is 0 Å². The van der Waals surface area contributed by atoms with Gasteiger partial charge in [-0.25, -0.2) is 0 Å². The molecule has 1 saturated heterocycles. The first-order valence-corrected chi connectivity index (χ1v) is 8.07. The normalized spacial score (nSPS) is 19.0. The van der Waals surface area contributed by atoms with Crippen molar-refractivity contribution in [2.24, 2.45) is 0 Å². The maximum absolute atomic E-state index is 4.94. The van der Waals surface area contributed by atoms with Gasteiger partial charge in [0, 0.05) is 0 Å². The maximum atomic E-state index is 4.94. The van der Waals surface area contributed by atoms with E-state index in [4.69, 9.17) is 9.47 Å². The molecule has 110 valence electrons. The van der Waals surface area contributed by atoms with Crippen molar-refractivity contribution in [1.82, 2.24) is 0 Å². The summed E-state index contributed by atoms with van der Waals surface area (Å²) >= 11 is 0. The third-order valence-corrected chi connectivity index (χ3v) is 3.20. The summed E-state index contributed by atoms with van der Waals surface area (Å²) in [5.74, 6) is 0. The van der Waals surface area contributed by atoms with E-state index in [1.165, 1.54) is 64.2 Å². The number of rotatable bonds is 3. The Kier molecular flexibility index (Phi) is 16.8. The molecule has 0 aromatic heterocycles. The Labute approximate surface area is 114 Å². The largest absolute Gasteiger partial charge is 0.377 e. The molecule has 0 unspecified atom stereocenters. The Morgan fingerprint density at radius 3 is 1.00 bits per heavy atom. The predicted octanol–water partition coefficient (Wildman–Crippen LogP) is 4.96. The molecule has 0 atom stereocenters. The highest BCUT2D eigenvalue weighted by molar-refractivity contribution is 4.51. The first kappa shape index (κ1) is 17.9. The van der Waals surface area contributed by atoms with Crippen molar-refractivity contribution >= 4 is 0 Å². The first-order valence-electron chi connectivity index (χ1n) is 8.07. The number of hydrogen-bond donors (Lipinski definition) is 0. The standard InChI is InChI=1S/C6H12.C6H14.C4H8O2/c1-2-4-6-5-3-1;1-3-5-6-4-2;1-2-6-4-3-5-1/h1-6H2;3-6H2,1-2H3;1-4H2. The second kappa shape index (κ2) is 16.9. The minimum absolute atomic E-state index is 0.778. The molecule has 0 bridgehead atoms. The molecule has 1 heterocycles. The van der Waals surface area contributed by atoms with Crippen LogP contribution in [0, 0.1) is 0 Å². The van der Waals surface area contributed by atoms with Crippen LogP contribution in [0.3, 0.4) is 0 Å². The van der Waals surface area contributed by atoms with Gasteiger partial charge in [-0.3, -0.25) is 0 Å². The molecule has 1 aliphatic heterocycles. The van der Waals surface area contributed by atoms with Crippen molar-refractivity contribution in [3.8, 4) is 0 Å². The van der Waals surface area contributed by atoms with Crippen LogP contribution >= 0.6 is 0 Å². The summed E-state index contributed by atoms with van der Waals surface area (Å²) < 4.78 is 9.89. The van der Waals surface area contributed by atoms with E-state index >= 15 is 0 Å². The van der Waals surface area contributed by atoms with E-state index in [0.717, 1.165) is 26.4 Å². The zero-order valence-corrected chi connectivity index (χ0v) is 12.7. The van der Waals surface area contributed by atoms with Gasteiger partial charge in [0.05, 0.1) is 26.4 Å². The molecule has 1 saturated carbocycles. The molecule has 1 aliphatic carbocycles. The monoisotopic (exact) mass is 258 g/mol. The SMILES string of the molecule is C1CCCCC1.C1COCCO1.CCCCCC. The van der Waals surface area contributed by atoms with E-state index < -0.39 is 0 Å². The highest BCUT2D eigenvalue weighted by Gasteiger charge is 1.95. The van der Waals surface area contributed by atoms with Gasteiger partial charge in [0.1, 0.15) is 0 Å². The smallest absolute Gasteiger partial charge is 0.0701 e. The van der Waals surface area contributed by atoms with Gasteiger partial charge >= 0.3 is 0 Å². The Hall–Kier alpha value is -0.0800. The zero-order valence-electron chi connectivity index (χ0n) is 12.7. The molecule has 2 heteroatoms. The van der Waals surface area contributed by atoms with Crippen molar-refractivity contribution in [2.45, 2.75) is 78.1 Å². The van der Waals surface area contributed by atoms with Crippen LogP contribution in [0.25, 0.3) is 0 Å². The van der Waals surface area contributed by atoms with Crippen LogP contribution in [0.15, 0.2) is 0 Å². The Balaban J connectivity index is 0.000000241. The average Bonchev–Trinajstić information content (AvgIpc) is 2.50. The van der Waals surface area contributed by atoms with Gasteiger partial charge in [0.15, 0.2) is 0 Å². The number of unbranched alkanes of at least 4 members (excludes halogenated alkanes) is 3. The lowest BCUT2D eigenvalue weighted by atomic mass is 10.0. The number of ether oxygens (including phenoxy) is 2. The summed E-state index contributed by atoms with van der Waals surface area (Å²) in [4.78, 5) is 0. The molecule has 0 aromatic carbocycles. The summed E-state index contributed by atoms with van der Waals surface area (Å²) in [6, 6.07) is 0. The van der Waals surface area contributed by atoms with E-state index in [9.17, 15) is 0 Å². The molecule has 2 fully saturated rings. The van der Waals surface area contributed by atoms with Gasteiger partial charge in [-0.15, -0.1) is 0 Å². The molecule has 0 N–H and O–H groups in total. The minimum atomic E-state index is 0.778. The Morgan fingerprint density at radius 2 is 0.833 bits per heavy atom. The Morgan fingerprint density at radius 1 is 0.556 bits per heavy atom. The quantitative estimate of drug-likeness (QED) is 0.666. The molecule has 2 rings (SSSR count). The second-order valence-corrected chi connectivity index (χ2v) is 5.05. The third kappa shape index (κ3) is 15.9. The van der Waals surface area contributed by atoms with Gasteiger partial charge in [-0.05, 0) is 0 Å². The number of hydrogen-bond acceptors (Lipinski definition) is 2. The zero-order chi connectivity index (χ0) is 13.3. The van der Waals surface area contributed by atoms with Crippen molar-refractivity contribution < 1.29 is 9.47 Å². The summed E-state index contributed by atoms with van der Waals surface area (Å²) in [5.41, 5.74) is 0. The molecular formula is C16H34O2.